The van der Waals surface area contributed by atoms with Crippen LogP contribution in [0.1, 0.15) is 64.7 Å². The molecule has 1 heterocycles. The summed E-state index contributed by atoms with van der Waals surface area (Å²) in [6.45, 7) is 12.4. The molecule has 3 amide bonds. The zero-order valence-corrected chi connectivity index (χ0v) is 18.5. The molecule has 1 aliphatic heterocycles. The first-order valence-corrected chi connectivity index (χ1v) is 10.5. The average Bonchev–Trinajstić information content (AvgIpc) is 3.08. The van der Waals surface area contributed by atoms with Gasteiger partial charge in [-0.05, 0) is 31.1 Å². The number of hydrogen-bond acceptors (Lipinski definition) is 3. The SMILES string of the molecule is CC(C)C(NC(=O)NC(C(=O)N1CCCC1C)C(C)(C)C)C(=O)c1ccccc1. The summed E-state index contributed by atoms with van der Waals surface area (Å²) in [5, 5.41) is 5.66. The highest BCUT2D eigenvalue weighted by molar-refractivity contribution is 6.02. The number of urea groups is 1. The molecule has 29 heavy (non-hydrogen) atoms. The Kier molecular flexibility index (Phi) is 7.44. The van der Waals surface area contributed by atoms with Gasteiger partial charge in [0.25, 0.3) is 0 Å². The lowest BCUT2D eigenvalue weighted by Gasteiger charge is -2.35. The second-order valence-corrected chi connectivity index (χ2v) is 9.39. The van der Waals surface area contributed by atoms with Crippen molar-refractivity contribution in [3.8, 4) is 0 Å². The first-order chi connectivity index (χ1) is 13.5. The summed E-state index contributed by atoms with van der Waals surface area (Å²) in [5.41, 5.74) is 0.105. The van der Waals surface area contributed by atoms with E-state index in [1.165, 1.54) is 0 Å². The average molecular weight is 402 g/mol. The number of rotatable bonds is 6. The number of carbonyl (C=O) groups is 3. The van der Waals surface area contributed by atoms with Crippen LogP contribution >= 0.6 is 0 Å². The van der Waals surface area contributed by atoms with E-state index < -0.39 is 23.5 Å². The Bertz CT molecular complexity index is 725. The van der Waals surface area contributed by atoms with Crippen molar-refractivity contribution in [2.45, 2.75) is 72.5 Å². The molecule has 0 aliphatic carbocycles. The molecule has 3 atom stereocenters. The van der Waals surface area contributed by atoms with Crippen LogP contribution in [0, 0.1) is 11.3 Å². The fourth-order valence-electron chi connectivity index (χ4n) is 3.71. The summed E-state index contributed by atoms with van der Waals surface area (Å²) in [6.07, 6.45) is 1.97. The summed E-state index contributed by atoms with van der Waals surface area (Å²) >= 11 is 0. The van der Waals surface area contributed by atoms with Gasteiger partial charge in [-0.15, -0.1) is 0 Å². The highest BCUT2D eigenvalue weighted by Gasteiger charge is 2.39. The van der Waals surface area contributed by atoms with Gasteiger partial charge in [0.2, 0.25) is 5.91 Å². The van der Waals surface area contributed by atoms with Gasteiger partial charge in [0.15, 0.2) is 5.78 Å². The molecule has 0 saturated carbocycles. The van der Waals surface area contributed by atoms with Crippen molar-refractivity contribution < 1.29 is 14.4 Å². The van der Waals surface area contributed by atoms with Crippen LogP contribution in [0.4, 0.5) is 4.79 Å². The lowest BCUT2D eigenvalue weighted by atomic mass is 9.85. The summed E-state index contributed by atoms with van der Waals surface area (Å²) in [5.74, 6) is -0.286. The first kappa shape index (κ1) is 22.9. The second kappa shape index (κ2) is 9.42. The number of nitrogens with one attached hydrogen (secondary N) is 2. The molecular formula is C23H35N3O3. The number of carbonyl (C=O) groups excluding carboxylic acids is 3. The molecule has 1 aliphatic rings. The molecule has 6 nitrogen and oxygen atoms in total. The first-order valence-electron chi connectivity index (χ1n) is 10.5. The van der Waals surface area contributed by atoms with E-state index in [-0.39, 0.29) is 23.7 Å². The summed E-state index contributed by atoms with van der Waals surface area (Å²) in [6, 6.07) is 7.29. The van der Waals surface area contributed by atoms with Crippen molar-refractivity contribution in [3.05, 3.63) is 35.9 Å². The third-order valence-corrected chi connectivity index (χ3v) is 5.52. The van der Waals surface area contributed by atoms with Crippen LogP contribution < -0.4 is 10.6 Å². The van der Waals surface area contributed by atoms with Crippen LogP contribution in [-0.2, 0) is 4.79 Å². The molecule has 2 rings (SSSR count). The van der Waals surface area contributed by atoms with E-state index in [0.29, 0.717) is 5.56 Å². The van der Waals surface area contributed by atoms with E-state index in [1.54, 1.807) is 24.3 Å². The van der Waals surface area contributed by atoms with Crippen molar-refractivity contribution in [2.75, 3.05) is 6.54 Å². The summed E-state index contributed by atoms with van der Waals surface area (Å²) < 4.78 is 0. The third-order valence-electron chi connectivity index (χ3n) is 5.52. The van der Waals surface area contributed by atoms with Crippen LogP contribution in [0.15, 0.2) is 30.3 Å². The highest BCUT2D eigenvalue weighted by atomic mass is 16.2. The summed E-state index contributed by atoms with van der Waals surface area (Å²) in [7, 11) is 0. The fraction of sp³-hybridized carbons (Fsp3) is 0.609. The van der Waals surface area contributed by atoms with Gasteiger partial charge in [0.05, 0.1) is 6.04 Å². The molecule has 0 bridgehead atoms. The molecule has 2 N–H and O–H groups in total. The Balaban J connectivity index is 2.13. The number of amides is 3. The van der Waals surface area contributed by atoms with Crippen LogP contribution in [0.3, 0.4) is 0 Å². The molecule has 1 fully saturated rings. The molecule has 0 aromatic heterocycles. The monoisotopic (exact) mass is 401 g/mol. The van der Waals surface area contributed by atoms with Gasteiger partial charge in [-0.25, -0.2) is 4.79 Å². The summed E-state index contributed by atoms with van der Waals surface area (Å²) in [4.78, 5) is 40.7. The maximum atomic E-state index is 13.1. The molecule has 1 aromatic carbocycles. The van der Waals surface area contributed by atoms with Crippen LogP contribution in [-0.4, -0.2) is 47.3 Å². The van der Waals surface area contributed by atoms with E-state index in [4.69, 9.17) is 0 Å². The third kappa shape index (κ3) is 5.81. The predicted molar refractivity (Wildman–Crippen MR) is 115 cm³/mol. The number of nitrogens with zero attached hydrogens (tertiary/aromatic N) is 1. The Morgan fingerprint density at radius 1 is 1.07 bits per heavy atom. The Morgan fingerprint density at radius 3 is 2.17 bits per heavy atom. The normalized spacial score (nSPS) is 19.0. The van der Waals surface area contributed by atoms with E-state index >= 15 is 0 Å². The fourth-order valence-corrected chi connectivity index (χ4v) is 3.71. The van der Waals surface area contributed by atoms with Crippen LogP contribution in [0.25, 0.3) is 0 Å². The van der Waals surface area contributed by atoms with Crippen LogP contribution in [0.2, 0.25) is 0 Å². The zero-order valence-electron chi connectivity index (χ0n) is 18.5. The lowest BCUT2D eigenvalue weighted by Crippen LogP contribution is -2.59. The molecule has 1 saturated heterocycles. The van der Waals surface area contributed by atoms with Crippen molar-refractivity contribution in [2.24, 2.45) is 11.3 Å². The topological polar surface area (TPSA) is 78.5 Å². The highest BCUT2D eigenvalue weighted by Crippen LogP contribution is 2.25. The van der Waals surface area contributed by atoms with Gasteiger partial charge < -0.3 is 15.5 Å². The Labute approximate surface area is 174 Å². The molecule has 6 heteroatoms. The minimum atomic E-state index is -0.668. The zero-order chi connectivity index (χ0) is 21.8. The van der Waals surface area contributed by atoms with Gasteiger partial charge in [-0.2, -0.15) is 0 Å². The van der Waals surface area contributed by atoms with Crippen molar-refractivity contribution in [1.82, 2.24) is 15.5 Å². The molecule has 0 spiro atoms. The van der Waals surface area contributed by atoms with Crippen molar-refractivity contribution >= 4 is 17.7 Å². The minimum absolute atomic E-state index is 0.0619. The molecule has 160 valence electrons. The smallest absolute Gasteiger partial charge is 0.316 e. The molecule has 1 aromatic rings. The number of ketones is 1. The van der Waals surface area contributed by atoms with E-state index in [2.05, 4.69) is 10.6 Å². The van der Waals surface area contributed by atoms with Gasteiger partial charge in [-0.3, -0.25) is 9.59 Å². The number of hydrogen-bond donors (Lipinski definition) is 2. The number of benzene rings is 1. The maximum Gasteiger partial charge on any atom is 0.316 e. The van der Waals surface area contributed by atoms with Gasteiger partial charge in [-0.1, -0.05) is 65.0 Å². The van der Waals surface area contributed by atoms with Crippen molar-refractivity contribution in [1.29, 1.82) is 0 Å². The van der Waals surface area contributed by atoms with Gasteiger partial charge in [0, 0.05) is 18.2 Å². The predicted octanol–water partition coefficient (Wildman–Crippen LogP) is 3.62. The minimum Gasteiger partial charge on any atom is -0.338 e. The Hall–Kier alpha value is -2.37. The Morgan fingerprint density at radius 2 is 1.69 bits per heavy atom. The lowest BCUT2D eigenvalue weighted by molar-refractivity contribution is -0.136. The second-order valence-electron chi connectivity index (χ2n) is 9.39. The number of Topliss-reactive ketones (excluding diaryl/α,β-unsaturated/α-hetero) is 1. The molecule has 0 radical (unpaired) electrons. The van der Waals surface area contributed by atoms with Crippen LogP contribution in [0.5, 0.6) is 0 Å². The number of likely N-dealkylation sites (tertiary alicyclic amines) is 1. The largest absolute Gasteiger partial charge is 0.338 e. The van der Waals surface area contributed by atoms with Gasteiger partial charge >= 0.3 is 6.03 Å². The molecular weight excluding hydrogens is 366 g/mol. The maximum absolute atomic E-state index is 13.1. The molecule has 3 unspecified atom stereocenters. The van der Waals surface area contributed by atoms with Crippen molar-refractivity contribution in [3.63, 3.8) is 0 Å². The standard InChI is InChI=1S/C23H35N3O3/c1-15(2)18(19(27)17-12-8-7-9-13-17)24-22(29)25-20(23(4,5)6)21(28)26-14-10-11-16(26)3/h7-9,12-13,15-16,18,20H,10-11,14H2,1-6H3,(H2,24,25,29). The van der Waals surface area contributed by atoms with E-state index in [9.17, 15) is 14.4 Å². The quantitative estimate of drug-likeness (QED) is 0.715. The van der Waals surface area contributed by atoms with E-state index in [1.807, 2.05) is 52.5 Å². The van der Waals surface area contributed by atoms with Gasteiger partial charge in [0.1, 0.15) is 6.04 Å². The van der Waals surface area contributed by atoms with E-state index in [0.717, 1.165) is 19.4 Å².